The van der Waals surface area contributed by atoms with E-state index in [1.54, 1.807) is 0 Å². The van der Waals surface area contributed by atoms with Crippen LogP contribution in [-0.4, -0.2) is 21.0 Å². The van der Waals surface area contributed by atoms with Crippen LogP contribution >= 0.6 is 24.6 Å². The van der Waals surface area contributed by atoms with Gasteiger partial charge in [-0.05, 0) is 34.1 Å². The van der Waals surface area contributed by atoms with Gasteiger partial charge in [-0.2, -0.15) is 12.6 Å². The summed E-state index contributed by atoms with van der Waals surface area (Å²) >= 11 is 6.22. The fourth-order valence-corrected chi connectivity index (χ4v) is 2.37. The predicted octanol–water partition coefficient (Wildman–Crippen LogP) is 3.42. The fraction of sp³-hybridized carbons (Fsp3) is 1.00. The molecule has 0 aromatic carbocycles. The van der Waals surface area contributed by atoms with Crippen LogP contribution in [-0.2, 0) is 0 Å². The molecule has 12 heavy (non-hydrogen) atoms. The van der Waals surface area contributed by atoms with Gasteiger partial charge in [0.15, 0.2) is 0 Å². The molecular formula is C9H21NS2. The Morgan fingerprint density at radius 1 is 1.25 bits per heavy atom. The minimum absolute atomic E-state index is 0.390. The second-order valence-corrected chi connectivity index (χ2v) is 5.88. The molecule has 0 aromatic heterocycles. The number of thiol groups is 1. The van der Waals surface area contributed by atoms with Gasteiger partial charge in [-0.1, -0.05) is 18.9 Å². The van der Waals surface area contributed by atoms with Crippen LogP contribution in [0.5, 0.6) is 0 Å². The SMILES string of the molecule is CCC(C)N(SC(C)S)C(C)C. The lowest BCUT2D eigenvalue weighted by molar-refractivity contribution is 0.310. The van der Waals surface area contributed by atoms with E-state index in [-0.39, 0.29) is 0 Å². The fourth-order valence-electron chi connectivity index (χ4n) is 1.09. The van der Waals surface area contributed by atoms with Gasteiger partial charge in [0, 0.05) is 12.1 Å². The normalized spacial score (nSPS) is 17.0. The molecule has 0 bridgehead atoms. The minimum Gasteiger partial charge on any atom is -0.244 e. The molecule has 0 aliphatic rings. The van der Waals surface area contributed by atoms with Gasteiger partial charge in [0.05, 0.1) is 4.58 Å². The summed E-state index contributed by atoms with van der Waals surface area (Å²) in [6, 6.07) is 1.24. The summed E-state index contributed by atoms with van der Waals surface area (Å²) in [6.07, 6.45) is 1.20. The zero-order chi connectivity index (χ0) is 9.72. The van der Waals surface area contributed by atoms with Crippen molar-refractivity contribution in [2.75, 3.05) is 0 Å². The van der Waals surface area contributed by atoms with Crippen molar-refractivity contribution in [1.82, 2.24) is 4.31 Å². The maximum absolute atomic E-state index is 4.39. The first-order valence-corrected chi connectivity index (χ1v) is 5.97. The van der Waals surface area contributed by atoms with E-state index in [1.807, 2.05) is 11.9 Å². The standard InChI is InChI=1S/C9H21NS2/c1-6-8(4)10(7(2)3)12-9(5)11/h7-9,11H,6H2,1-5H3. The average molecular weight is 207 g/mol. The molecule has 0 aromatic rings. The summed E-state index contributed by atoms with van der Waals surface area (Å²) in [5.41, 5.74) is 0. The highest BCUT2D eigenvalue weighted by atomic mass is 32.2. The van der Waals surface area contributed by atoms with Crippen LogP contribution in [0.2, 0.25) is 0 Å². The van der Waals surface area contributed by atoms with E-state index in [0.29, 0.717) is 16.7 Å². The lowest BCUT2D eigenvalue weighted by Crippen LogP contribution is -2.33. The molecule has 2 atom stereocenters. The first-order chi connectivity index (χ1) is 5.49. The second kappa shape index (κ2) is 6.17. The molecule has 0 rings (SSSR count). The van der Waals surface area contributed by atoms with Gasteiger partial charge in [0.2, 0.25) is 0 Å². The third-order valence-electron chi connectivity index (χ3n) is 1.81. The van der Waals surface area contributed by atoms with Crippen molar-refractivity contribution in [2.45, 2.75) is 57.7 Å². The van der Waals surface area contributed by atoms with Gasteiger partial charge < -0.3 is 0 Å². The Bertz CT molecular complexity index is 115. The number of nitrogens with zero attached hydrogens (tertiary/aromatic N) is 1. The first-order valence-electron chi connectivity index (χ1n) is 4.62. The topological polar surface area (TPSA) is 3.24 Å². The van der Waals surface area contributed by atoms with Crippen molar-refractivity contribution >= 4 is 24.6 Å². The quantitative estimate of drug-likeness (QED) is 0.418. The highest BCUT2D eigenvalue weighted by Gasteiger charge is 2.17. The van der Waals surface area contributed by atoms with E-state index < -0.39 is 0 Å². The van der Waals surface area contributed by atoms with Crippen molar-refractivity contribution in [3.63, 3.8) is 0 Å². The molecule has 0 heterocycles. The molecule has 0 radical (unpaired) electrons. The van der Waals surface area contributed by atoms with E-state index >= 15 is 0 Å². The smallest absolute Gasteiger partial charge is 0.0591 e. The van der Waals surface area contributed by atoms with E-state index in [4.69, 9.17) is 0 Å². The number of hydrogen-bond donors (Lipinski definition) is 1. The van der Waals surface area contributed by atoms with Crippen LogP contribution in [0.4, 0.5) is 0 Å². The van der Waals surface area contributed by atoms with Gasteiger partial charge >= 0.3 is 0 Å². The lowest BCUT2D eigenvalue weighted by Gasteiger charge is -2.31. The predicted molar refractivity (Wildman–Crippen MR) is 62.8 cm³/mol. The van der Waals surface area contributed by atoms with Crippen molar-refractivity contribution in [1.29, 1.82) is 0 Å². The monoisotopic (exact) mass is 207 g/mol. The van der Waals surface area contributed by atoms with Crippen LogP contribution in [0.3, 0.4) is 0 Å². The minimum atomic E-state index is 0.390. The molecule has 0 spiro atoms. The molecule has 0 fully saturated rings. The van der Waals surface area contributed by atoms with Gasteiger partial charge in [-0.25, -0.2) is 4.31 Å². The zero-order valence-corrected chi connectivity index (χ0v) is 10.5. The Morgan fingerprint density at radius 2 is 1.75 bits per heavy atom. The molecule has 0 aliphatic heterocycles. The summed E-state index contributed by atoms with van der Waals surface area (Å²) in [6.45, 7) is 11.1. The lowest BCUT2D eigenvalue weighted by atomic mass is 10.2. The van der Waals surface area contributed by atoms with E-state index in [0.717, 1.165) is 0 Å². The van der Waals surface area contributed by atoms with E-state index in [2.05, 4.69) is 51.6 Å². The van der Waals surface area contributed by atoms with Crippen LogP contribution in [0.15, 0.2) is 0 Å². The summed E-state index contributed by atoms with van der Waals surface area (Å²) in [5.74, 6) is 0. The summed E-state index contributed by atoms with van der Waals surface area (Å²) in [5, 5.41) is 0. The molecule has 0 N–H and O–H groups in total. The van der Waals surface area contributed by atoms with Crippen molar-refractivity contribution in [3.8, 4) is 0 Å². The largest absolute Gasteiger partial charge is 0.244 e. The van der Waals surface area contributed by atoms with E-state index in [9.17, 15) is 0 Å². The van der Waals surface area contributed by atoms with Gasteiger partial charge in [0.25, 0.3) is 0 Å². The van der Waals surface area contributed by atoms with Gasteiger partial charge in [-0.3, -0.25) is 0 Å². The maximum atomic E-state index is 4.39. The Labute approximate surface area is 86.8 Å². The van der Waals surface area contributed by atoms with Gasteiger partial charge in [-0.15, -0.1) is 0 Å². The maximum Gasteiger partial charge on any atom is 0.0591 e. The molecular weight excluding hydrogens is 186 g/mol. The second-order valence-electron chi connectivity index (χ2n) is 3.42. The van der Waals surface area contributed by atoms with Crippen LogP contribution in [0.1, 0.15) is 41.0 Å². The molecule has 0 amide bonds. The van der Waals surface area contributed by atoms with Crippen molar-refractivity contribution < 1.29 is 0 Å². The average Bonchev–Trinajstić information content (AvgIpc) is 1.98. The summed E-state index contributed by atoms with van der Waals surface area (Å²) in [4.78, 5) is 0. The molecule has 0 saturated heterocycles. The Kier molecular flexibility index (Phi) is 6.50. The van der Waals surface area contributed by atoms with Crippen molar-refractivity contribution in [2.24, 2.45) is 0 Å². The molecule has 1 nitrogen and oxygen atoms in total. The summed E-state index contributed by atoms with van der Waals surface area (Å²) in [7, 11) is 0. The highest BCUT2D eigenvalue weighted by Crippen LogP contribution is 2.25. The Hall–Kier alpha value is 0.660. The third-order valence-corrected chi connectivity index (χ3v) is 3.42. The van der Waals surface area contributed by atoms with Gasteiger partial charge in [0.1, 0.15) is 0 Å². The van der Waals surface area contributed by atoms with Crippen LogP contribution in [0, 0.1) is 0 Å². The Morgan fingerprint density at radius 3 is 2.00 bits per heavy atom. The van der Waals surface area contributed by atoms with E-state index in [1.165, 1.54) is 6.42 Å². The van der Waals surface area contributed by atoms with Crippen LogP contribution < -0.4 is 0 Å². The van der Waals surface area contributed by atoms with Crippen LogP contribution in [0.25, 0.3) is 0 Å². The summed E-state index contributed by atoms with van der Waals surface area (Å²) < 4.78 is 2.82. The molecule has 74 valence electrons. The Balaban J connectivity index is 4.03. The number of rotatable bonds is 5. The van der Waals surface area contributed by atoms with Crippen molar-refractivity contribution in [3.05, 3.63) is 0 Å². The third kappa shape index (κ3) is 4.63. The first kappa shape index (κ1) is 12.7. The zero-order valence-electron chi connectivity index (χ0n) is 8.74. The number of hydrogen-bond acceptors (Lipinski definition) is 3. The molecule has 2 unspecified atom stereocenters. The molecule has 0 aliphatic carbocycles. The molecule has 0 saturated carbocycles. The molecule has 3 heteroatoms. The highest BCUT2D eigenvalue weighted by molar-refractivity contribution is 8.08.